The second kappa shape index (κ2) is 35.5. The zero-order valence-corrected chi connectivity index (χ0v) is 48.4. The molecular formula is C68H82O12S. The highest BCUT2D eigenvalue weighted by Gasteiger charge is 2.20. The van der Waals surface area contributed by atoms with E-state index in [-0.39, 0.29) is 43.9 Å². The normalized spacial score (nSPS) is 11.2. The van der Waals surface area contributed by atoms with Crippen molar-refractivity contribution in [3.05, 3.63) is 168 Å². The predicted octanol–water partition coefficient (Wildman–Crippen LogP) is 17.6. The lowest BCUT2D eigenvalue weighted by molar-refractivity contribution is 0.0720. The van der Waals surface area contributed by atoms with Gasteiger partial charge in [0.1, 0.15) is 34.5 Å². The van der Waals surface area contributed by atoms with E-state index in [1.807, 2.05) is 0 Å². The molecule has 0 aliphatic carbocycles. The Hall–Kier alpha value is -7.25. The summed E-state index contributed by atoms with van der Waals surface area (Å²) in [5.74, 6) is -0.446. The highest BCUT2D eigenvalue weighted by molar-refractivity contribution is 7.91. The quantitative estimate of drug-likeness (QED) is 0.0206. The van der Waals surface area contributed by atoms with Crippen molar-refractivity contribution in [2.75, 3.05) is 13.2 Å². The first kappa shape index (κ1) is 62.9. The minimum atomic E-state index is -4.01. The predicted molar refractivity (Wildman–Crippen MR) is 317 cm³/mol. The molecule has 6 rings (SSSR count). The minimum Gasteiger partial charge on any atom is -0.494 e. The van der Waals surface area contributed by atoms with Crippen LogP contribution in [-0.2, 0) is 9.84 Å². The molecule has 0 fully saturated rings. The zero-order valence-electron chi connectivity index (χ0n) is 47.5. The van der Waals surface area contributed by atoms with Crippen molar-refractivity contribution in [3.8, 4) is 34.5 Å². The first-order valence-corrected chi connectivity index (χ1v) is 31.0. The number of carbonyl (C=O) groups is 4. The van der Waals surface area contributed by atoms with Crippen molar-refractivity contribution in [2.24, 2.45) is 0 Å². The van der Waals surface area contributed by atoms with Crippen molar-refractivity contribution >= 4 is 33.7 Å². The standard InChI is InChI=1S/C68H82O12S/c1-3-5-7-9-11-13-15-17-19-21-23-25-51-75-57-35-27-53(28-36-57)65(69)77-59-39-31-55(32-40-59)67(71)79-61-43-47-63(48-44-61)81(73,74)64-49-45-62(46-50-64)80-68(72)56-33-41-60(42-34-56)78-66(70)54-29-37-58(38-30-54)76-52-26-24-22-20-18-16-14-12-10-8-6-4-2/h27-50H,3-26,51-52H2,1-2H3. The van der Waals surface area contributed by atoms with Gasteiger partial charge in [-0.05, 0) is 158 Å². The van der Waals surface area contributed by atoms with Gasteiger partial charge in [0.15, 0.2) is 0 Å². The summed E-state index contributed by atoms with van der Waals surface area (Å²) < 4.78 is 60.8. The maximum absolute atomic E-state index is 13.5. The van der Waals surface area contributed by atoms with Gasteiger partial charge in [0.2, 0.25) is 9.84 Å². The summed E-state index contributed by atoms with van der Waals surface area (Å²) in [6.45, 7) is 5.75. The molecule has 432 valence electrons. The molecule has 12 nitrogen and oxygen atoms in total. The monoisotopic (exact) mass is 1120 g/mol. The molecule has 81 heavy (non-hydrogen) atoms. The van der Waals surface area contributed by atoms with E-state index in [0.717, 1.165) is 25.7 Å². The molecule has 0 aliphatic heterocycles. The Balaban J connectivity index is 0.853. The molecule has 0 saturated heterocycles. The lowest BCUT2D eigenvalue weighted by Gasteiger charge is -2.09. The van der Waals surface area contributed by atoms with Gasteiger partial charge in [-0.2, -0.15) is 0 Å². The van der Waals surface area contributed by atoms with E-state index in [0.29, 0.717) is 35.8 Å². The SMILES string of the molecule is CCCCCCCCCCCCCCOc1ccc(C(=O)Oc2ccc(C(=O)Oc3ccc(S(=O)(=O)c4ccc(OC(=O)c5ccc(OC(=O)c6ccc(OCCCCCCCCCCCCCC)cc6)cc5)cc4)cc3)cc2)cc1. The molecule has 0 radical (unpaired) electrons. The summed E-state index contributed by atoms with van der Waals surface area (Å²) >= 11 is 0. The van der Waals surface area contributed by atoms with Gasteiger partial charge in [0, 0.05) is 0 Å². The highest BCUT2D eigenvalue weighted by atomic mass is 32.2. The van der Waals surface area contributed by atoms with Gasteiger partial charge < -0.3 is 28.4 Å². The van der Waals surface area contributed by atoms with Gasteiger partial charge in [-0.3, -0.25) is 0 Å². The third kappa shape index (κ3) is 22.7. The van der Waals surface area contributed by atoms with Crippen LogP contribution in [0.1, 0.15) is 209 Å². The van der Waals surface area contributed by atoms with Gasteiger partial charge in [-0.1, -0.05) is 155 Å². The summed E-state index contributed by atoms with van der Waals surface area (Å²) in [4.78, 5) is 51.6. The second-order valence-electron chi connectivity index (χ2n) is 20.6. The molecule has 0 saturated carbocycles. The summed E-state index contributed by atoms with van der Waals surface area (Å²) in [6, 6.07) is 36.1. The van der Waals surface area contributed by atoms with E-state index >= 15 is 0 Å². The van der Waals surface area contributed by atoms with Gasteiger partial charge in [-0.15, -0.1) is 0 Å². The molecule has 0 aromatic heterocycles. The molecule has 6 aromatic rings. The van der Waals surface area contributed by atoms with Crippen molar-refractivity contribution in [3.63, 3.8) is 0 Å². The van der Waals surface area contributed by atoms with Crippen molar-refractivity contribution in [1.29, 1.82) is 0 Å². The van der Waals surface area contributed by atoms with Crippen LogP contribution in [0.4, 0.5) is 0 Å². The van der Waals surface area contributed by atoms with Crippen LogP contribution in [0.15, 0.2) is 155 Å². The highest BCUT2D eigenvalue weighted by Crippen LogP contribution is 2.27. The van der Waals surface area contributed by atoms with Crippen LogP contribution < -0.4 is 28.4 Å². The van der Waals surface area contributed by atoms with Crippen LogP contribution >= 0.6 is 0 Å². The summed E-state index contributed by atoms with van der Waals surface area (Å²) in [7, 11) is -4.01. The number of ether oxygens (including phenoxy) is 6. The molecular weight excluding hydrogens is 1040 g/mol. The van der Waals surface area contributed by atoms with Crippen LogP contribution in [0, 0.1) is 0 Å². The Morgan fingerprint density at radius 2 is 0.469 bits per heavy atom. The fourth-order valence-electron chi connectivity index (χ4n) is 9.13. The van der Waals surface area contributed by atoms with E-state index in [1.165, 1.54) is 225 Å². The summed E-state index contributed by atoms with van der Waals surface area (Å²) in [5, 5.41) is 0. The lowest BCUT2D eigenvalue weighted by Crippen LogP contribution is -2.10. The van der Waals surface area contributed by atoms with Gasteiger partial charge in [0.25, 0.3) is 0 Å². The van der Waals surface area contributed by atoms with Crippen LogP contribution in [0.5, 0.6) is 34.5 Å². The number of hydrogen-bond donors (Lipinski definition) is 0. The second-order valence-corrected chi connectivity index (χ2v) is 22.5. The van der Waals surface area contributed by atoms with Crippen molar-refractivity contribution < 1.29 is 56.0 Å². The molecule has 0 atom stereocenters. The molecule has 0 bridgehead atoms. The Kier molecular flexibility index (Phi) is 27.6. The maximum Gasteiger partial charge on any atom is 0.343 e. The number of sulfone groups is 1. The average molecular weight is 1120 g/mol. The molecule has 0 heterocycles. The molecule has 6 aromatic carbocycles. The summed E-state index contributed by atoms with van der Waals surface area (Å²) in [6.07, 6.45) is 30.7. The number of benzene rings is 6. The Labute approximate surface area is 480 Å². The number of carbonyl (C=O) groups excluding carboxylic acids is 4. The van der Waals surface area contributed by atoms with Gasteiger partial charge >= 0.3 is 23.9 Å². The first-order valence-electron chi connectivity index (χ1n) is 29.5. The van der Waals surface area contributed by atoms with E-state index in [9.17, 15) is 27.6 Å². The molecule has 0 aliphatic rings. The van der Waals surface area contributed by atoms with Crippen LogP contribution in [0.2, 0.25) is 0 Å². The van der Waals surface area contributed by atoms with E-state index in [2.05, 4.69) is 13.8 Å². The first-order chi connectivity index (χ1) is 39.5. The smallest absolute Gasteiger partial charge is 0.343 e. The van der Waals surface area contributed by atoms with Crippen LogP contribution in [0.25, 0.3) is 0 Å². The van der Waals surface area contributed by atoms with Crippen molar-refractivity contribution in [2.45, 2.75) is 178 Å². The summed E-state index contributed by atoms with van der Waals surface area (Å²) in [5.41, 5.74) is 1.07. The number of unbranched alkanes of at least 4 members (excludes halogenated alkanes) is 22. The number of esters is 4. The molecule has 0 amide bonds. The molecule has 0 N–H and O–H groups in total. The van der Waals surface area contributed by atoms with Crippen LogP contribution in [0.3, 0.4) is 0 Å². The molecule has 13 heteroatoms. The third-order valence-electron chi connectivity index (χ3n) is 14.0. The lowest BCUT2D eigenvalue weighted by atomic mass is 10.1. The van der Waals surface area contributed by atoms with E-state index in [1.54, 1.807) is 48.5 Å². The topological polar surface area (TPSA) is 158 Å². The van der Waals surface area contributed by atoms with Gasteiger partial charge in [-0.25, -0.2) is 27.6 Å². The minimum absolute atomic E-state index is 0.0535. The molecule has 0 spiro atoms. The largest absolute Gasteiger partial charge is 0.494 e. The Morgan fingerprint density at radius 1 is 0.272 bits per heavy atom. The van der Waals surface area contributed by atoms with Gasteiger partial charge in [0.05, 0.1) is 45.3 Å². The maximum atomic E-state index is 13.5. The average Bonchev–Trinajstić information content (AvgIpc) is 3.48. The van der Waals surface area contributed by atoms with Crippen LogP contribution in [-0.4, -0.2) is 45.5 Å². The van der Waals surface area contributed by atoms with Crippen molar-refractivity contribution in [1.82, 2.24) is 0 Å². The Bertz CT molecular complexity index is 2700. The third-order valence-corrected chi connectivity index (χ3v) is 15.8. The fourth-order valence-corrected chi connectivity index (χ4v) is 10.4. The molecule has 0 unspecified atom stereocenters. The number of rotatable bonds is 38. The number of hydrogen-bond acceptors (Lipinski definition) is 12. The zero-order chi connectivity index (χ0) is 57.3. The fraction of sp³-hybridized carbons (Fsp3) is 0.412. The van der Waals surface area contributed by atoms with E-state index in [4.69, 9.17) is 28.4 Å². The Morgan fingerprint density at radius 3 is 0.704 bits per heavy atom. The van der Waals surface area contributed by atoms with E-state index < -0.39 is 33.7 Å².